The van der Waals surface area contributed by atoms with Crippen molar-refractivity contribution in [1.82, 2.24) is 10.3 Å². The molecule has 1 aliphatic rings. The number of nitrogens with one attached hydrogen (secondary N) is 1. The van der Waals surface area contributed by atoms with E-state index in [1.54, 1.807) is 12.4 Å². The van der Waals surface area contributed by atoms with Gasteiger partial charge in [0.15, 0.2) is 0 Å². The molecule has 0 unspecified atom stereocenters. The van der Waals surface area contributed by atoms with E-state index in [1.807, 2.05) is 18.0 Å². The van der Waals surface area contributed by atoms with E-state index in [9.17, 15) is 4.79 Å². The molecule has 1 aromatic heterocycles. The SMILES string of the molecule is CN(CC(=O)NC1CC1)c1cncc(Br)c1. The Labute approximate surface area is 103 Å². The Morgan fingerprint density at radius 3 is 3.00 bits per heavy atom. The third-order valence-electron chi connectivity index (χ3n) is 2.45. The first-order valence-corrected chi connectivity index (χ1v) is 6.05. The van der Waals surface area contributed by atoms with Gasteiger partial charge in [-0.15, -0.1) is 0 Å². The van der Waals surface area contributed by atoms with E-state index in [1.165, 1.54) is 0 Å². The fourth-order valence-corrected chi connectivity index (χ4v) is 1.77. The van der Waals surface area contributed by atoms with E-state index >= 15 is 0 Å². The van der Waals surface area contributed by atoms with Gasteiger partial charge in [-0.2, -0.15) is 0 Å². The molecule has 1 heterocycles. The van der Waals surface area contributed by atoms with Crippen LogP contribution in [0.5, 0.6) is 0 Å². The van der Waals surface area contributed by atoms with Crippen LogP contribution in [-0.2, 0) is 4.79 Å². The largest absolute Gasteiger partial charge is 0.364 e. The number of anilines is 1. The number of pyridine rings is 1. The van der Waals surface area contributed by atoms with Crippen LogP contribution in [0.4, 0.5) is 5.69 Å². The molecule has 0 aromatic carbocycles. The normalized spacial score (nSPS) is 14.6. The number of carbonyl (C=O) groups excluding carboxylic acids is 1. The minimum Gasteiger partial charge on any atom is -0.364 e. The van der Waals surface area contributed by atoms with Crippen molar-refractivity contribution in [3.8, 4) is 0 Å². The maximum atomic E-state index is 11.6. The van der Waals surface area contributed by atoms with Crippen LogP contribution in [0.1, 0.15) is 12.8 Å². The molecule has 0 radical (unpaired) electrons. The van der Waals surface area contributed by atoms with Gasteiger partial charge in [0.25, 0.3) is 0 Å². The molecular formula is C11H14BrN3O. The number of rotatable bonds is 4. The second-order valence-electron chi connectivity index (χ2n) is 4.06. The first kappa shape index (κ1) is 11.4. The van der Waals surface area contributed by atoms with E-state index < -0.39 is 0 Å². The molecule has 1 fully saturated rings. The van der Waals surface area contributed by atoms with E-state index in [0.29, 0.717) is 12.6 Å². The van der Waals surface area contributed by atoms with Crippen LogP contribution in [0.3, 0.4) is 0 Å². The Kier molecular flexibility index (Phi) is 3.43. The predicted octanol–water partition coefficient (Wildman–Crippen LogP) is 1.56. The van der Waals surface area contributed by atoms with E-state index in [-0.39, 0.29) is 5.91 Å². The molecule has 1 N–H and O–H groups in total. The van der Waals surface area contributed by atoms with Crippen molar-refractivity contribution >= 4 is 27.5 Å². The number of hydrogen-bond acceptors (Lipinski definition) is 3. The van der Waals surface area contributed by atoms with Crippen LogP contribution in [0.2, 0.25) is 0 Å². The van der Waals surface area contributed by atoms with Gasteiger partial charge in [-0.1, -0.05) is 0 Å². The second-order valence-corrected chi connectivity index (χ2v) is 4.97. The van der Waals surface area contributed by atoms with Crippen LogP contribution in [0, 0.1) is 0 Å². The van der Waals surface area contributed by atoms with Crippen molar-refractivity contribution < 1.29 is 4.79 Å². The van der Waals surface area contributed by atoms with Crippen molar-refractivity contribution in [1.29, 1.82) is 0 Å². The number of aromatic nitrogens is 1. The molecule has 0 spiro atoms. The minimum absolute atomic E-state index is 0.0741. The fourth-order valence-electron chi connectivity index (χ4n) is 1.42. The van der Waals surface area contributed by atoms with Gasteiger partial charge < -0.3 is 10.2 Å². The Balaban J connectivity index is 1.91. The summed E-state index contributed by atoms with van der Waals surface area (Å²) in [5, 5.41) is 2.96. The first-order chi connectivity index (χ1) is 7.65. The van der Waals surface area contributed by atoms with Crippen molar-refractivity contribution in [2.75, 3.05) is 18.5 Å². The molecule has 86 valence electrons. The Morgan fingerprint density at radius 1 is 1.62 bits per heavy atom. The molecule has 5 heteroatoms. The summed E-state index contributed by atoms with van der Waals surface area (Å²) in [7, 11) is 1.88. The number of nitrogens with zero attached hydrogens (tertiary/aromatic N) is 2. The van der Waals surface area contributed by atoms with Crippen LogP contribution < -0.4 is 10.2 Å². The van der Waals surface area contributed by atoms with E-state index in [2.05, 4.69) is 26.2 Å². The molecule has 16 heavy (non-hydrogen) atoms. The van der Waals surface area contributed by atoms with Gasteiger partial charge in [-0.25, -0.2) is 0 Å². The zero-order chi connectivity index (χ0) is 11.5. The third-order valence-corrected chi connectivity index (χ3v) is 2.89. The van der Waals surface area contributed by atoms with Crippen LogP contribution in [0.15, 0.2) is 22.9 Å². The van der Waals surface area contributed by atoms with Crippen LogP contribution in [0.25, 0.3) is 0 Å². The summed E-state index contributed by atoms with van der Waals surface area (Å²) in [6.45, 7) is 0.370. The number of halogens is 1. The minimum atomic E-state index is 0.0741. The molecule has 1 aromatic rings. The number of carbonyl (C=O) groups is 1. The zero-order valence-corrected chi connectivity index (χ0v) is 10.7. The number of amides is 1. The number of hydrogen-bond donors (Lipinski definition) is 1. The maximum Gasteiger partial charge on any atom is 0.239 e. The van der Waals surface area contributed by atoms with Gasteiger partial charge in [0.05, 0.1) is 18.4 Å². The first-order valence-electron chi connectivity index (χ1n) is 5.26. The lowest BCUT2D eigenvalue weighted by Gasteiger charge is -2.18. The Bertz CT molecular complexity index is 393. The quantitative estimate of drug-likeness (QED) is 0.912. The third kappa shape index (κ3) is 3.20. The van der Waals surface area contributed by atoms with Crippen molar-refractivity contribution in [3.63, 3.8) is 0 Å². The van der Waals surface area contributed by atoms with Gasteiger partial charge in [-0.3, -0.25) is 9.78 Å². The van der Waals surface area contributed by atoms with Crippen molar-refractivity contribution in [3.05, 3.63) is 22.9 Å². The van der Waals surface area contributed by atoms with Gasteiger partial charge in [0.1, 0.15) is 0 Å². The maximum absolute atomic E-state index is 11.6. The highest BCUT2D eigenvalue weighted by Crippen LogP contribution is 2.19. The van der Waals surface area contributed by atoms with E-state index in [0.717, 1.165) is 23.0 Å². The molecule has 4 nitrogen and oxygen atoms in total. The van der Waals surface area contributed by atoms with Gasteiger partial charge in [-0.05, 0) is 34.8 Å². The summed E-state index contributed by atoms with van der Waals surface area (Å²) >= 11 is 3.36. The zero-order valence-electron chi connectivity index (χ0n) is 9.11. The summed E-state index contributed by atoms with van der Waals surface area (Å²) in [6.07, 6.45) is 5.71. The highest BCUT2D eigenvalue weighted by molar-refractivity contribution is 9.10. The summed E-state index contributed by atoms with van der Waals surface area (Å²) in [5.74, 6) is 0.0741. The molecule has 1 saturated carbocycles. The van der Waals surface area contributed by atoms with Gasteiger partial charge in [0, 0.05) is 23.8 Å². The Morgan fingerprint density at radius 2 is 2.38 bits per heavy atom. The molecule has 2 rings (SSSR count). The Hall–Kier alpha value is -1.10. The molecular weight excluding hydrogens is 270 g/mol. The molecule has 0 aliphatic heterocycles. The lowest BCUT2D eigenvalue weighted by molar-refractivity contribution is -0.119. The smallest absolute Gasteiger partial charge is 0.239 e. The van der Waals surface area contributed by atoms with Gasteiger partial charge >= 0.3 is 0 Å². The fraction of sp³-hybridized carbons (Fsp3) is 0.455. The molecule has 0 saturated heterocycles. The summed E-state index contributed by atoms with van der Waals surface area (Å²) < 4.78 is 0.916. The standard InChI is InChI=1S/C11H14BrN3O/c1-15(7-11(16)14-9-2-3-9)10-4-8(12)5-13-6-10/h4-6,9H,2-3,7H2,1H3,(H,14,16). The lowest BCUT2D eigenvalue weighted by Crippen LogP contribution is -2.36. The summed E-state index contributed by atoms with van der Waals surface area (Å²) in [5.41, 5.74) is 0.931. The molecule has 1 aliphatic carbocycles. The van der Waals surface area contributed by atoms with E-state index in [4.69, 9.17) is 0 Å². The molecule has 0 bridgehead atoms. The average Bonchev–Trinajstić information content (AvgIpc) is 3.01. The molecule has 1 amide bonds. The summed E-state index contributed by atoms with van der Waals surface area (Å²) in [6, 6.07) is 2.36. The van der Waals surface area contributed by atoms with Crippen molar-refractivity contribution in [2.24, 2.45) is 0 Å². The molecule has 0 atom stereocenters. The second kappa shape index (κ2) is 4.82. The summed E-state index contributed by atoms with van der Waals surface area (Å²) in [4.78, 5) is 17.5. The lowest BCUT2D eigenvalue weighted by atomic mass is 10.3. The highest BCUT2D eigenvalue weighted by Gasteiger charge is 2.23. The predicted molar refractivity (Wildman–Crippen MR) is 66.4 cm³/mol. The van der Waals surface area contributed by atoms with Gasteiger partial charge in [0.2, 0.25) is 5.91 Å². The monoisotopic (exact) mass is 283 g/mol. The number of likely N-dealkylation sites (N-methyl/N-ethyl adjacent to an activating group) is 1. The topological polar surface area (TPSA) is 45.2 Å². The highest BCUT2D eigenvalue weighted by atomic mass is 79.9. The van der Waals surface area contributed by atoms with Crippen molar-refractivity contribution in [2.45, 2.75) is 18.9 Å². The van der Waals surface area contributed by atoms with Crippen LogP contribution >= 0.6 is 15.9 Å². The van der Waals surface area contributed by atoms with Crippen LogP contribution in [-0.4, -0.2) is 30.5 Å². The average molecular weight is 284 g/mol.